The molecule has 1 saturated heterocycles. The lowest BCUT2D eigenvalue weighted by Gasteiger charge is -2.37. The zero-order chi connectivity index (χ0) is 15.9. The Morgan fingerprint density at radius 2 is 1.90 bits per heavy atom. The SMILES string of the molecule is Cc1oc(C)c(S(=O)(=O)N2CCN(C)CC2C)c1C(=O)O. The third kappa shape index (κ3) is 2.70. The van der Waals surface area contributed by atoms with Crippen LogP contribution < -0.4 is 0 Å². The van der Waals surface area contributed by atoms with Gasteiger partial charge in [0.1, 0.15) is 22.0 Å². The second-order valence-electron chi connectivity index (χ2n) is 5.45. The van der Waals surface area contributed by atoms with Crippen molar-refractivity contribution in [3.8, 4) is 0 Å². The quantitative estimate of drug-likeness (QED) is 0.891. The monoisotopic (exact) mass is 316 g/mol. The molecule has 2 rings (SSSR count). The fourth-order valence-corrected chi connectivity index (χ4v) is 4.81. The summed E-state index contributed by atoms with van der Waals surface area (Å²) >= 11 is 0. The maximum absolute atomic E-state index is 12.8. The number of carboxylic acid groups (broad SMARTS) is 1. The smallest absolute Gasteiger partial charge is 0.340 e. The lowest BCUT2D eigenvalue weighted by molar-refractivity contribution is 0.0690. The molecule has 0 bridgehead atoms. The van der Waals surface area contributed by atoms with Crippen molar-refractivity contribution in [3.05, 3.63) is 17.1 Å². The summed E-state index contributed by atoms with van der Waals surface area (Å²) in [7, 11) is -1.96. The highest BCUT2D eigenvalue weighted by atomic mass is 32.2. The van der Waals surface area contributed by atoms with E-state index in [1.54, 1.807) is 0 Å². The Balaban J connectivity index is 2.53. The molecule has 1 fully saturated rings. The van der Waals surface area contributed by atoms with E-state index in [0.29, 0.717) is 19.6 Å². The molecule has 1 aliphatic rings. The molecule has 0 aromatic carbocycles. The number of carboxylic acids is 1. The highest BCUT2D eigenvalue weighted by Crippen LogP contribution is 2.31. The van der Waals surface area contributed by atoms with Gasteiger partial charge in [-0.15, -0.1) is 0 Å². The minimum absolute atomic E-state index is 0.111. The molecule has 0 radical (unpaired) electrons. The Bertz CT molecular complexity index is 664. The topological polar surface area (TPSA) is 91.1 Å². The third-order valence-corrected chi connectivity index (χ3v) is 5.92. The first-order valence-electron chi connectivity index (χ1n) is 6.70. The molecule has 0 spiro atoms. The first-order chi connectivity index (χ1) is 9.66. The number of piperazine rings is 1. The fourth-order valence-electron chi connectivity index (χ4n) is 2.82. The summed E-state index contributed by atoms with van der Waals surface area (Å²) < 4.78 is 32.3. The summed E-state index contributed by atoms with van der Waals surface area (Å²) in [5, 5.41) is 9.28. The van der Waals surface area contributed by atoms with Crippen LogP contribution in [0.15, 0.2) is 9.31 Å². The Labute approximate surface area is 124 Å². The summed E-state index contributed by atoms with van der Waals surface area (Å²) in [6, 6.07) is -0.218. The number of hydrogen-bond acceptors (Lipinski definition) is 5. The zero-order valence-electron chi connectivity index (χ0n) is 12.6. The summed E-state index contributed by atoms with van der Waals surface area (Å²) in [6.45, 7) is 6.31. The summed E-state index contributed by atoms with van der Waals surface area (Å²) in [5.74, 6) is -1.05. The maximum Gasteiger partial charge on any atom is 0.340 e. The van der Waals surface area contributed by atoms with Crippen molar-refractivity contribution in [2.24, 2.45) is 0 Å². The molecular weight excluding hydrogens is 296 g/mol. The highest BCUT2D eigenvalue weighted by molar-refractivity contribution is 7.89. The molecule has 0 saturated carbocycles. The van der Waals surface area contributed by atoms with Gasteiger partial charge in [0.05, 0.1) is 0 Å². The molecule has 1 aromatic heterocycles. The lowest BCUT2D eigenvalue weighted by atomic mass is 10.2. The van der Waals surface area contributed by atoms with Gasteiger partial charge in [-0.25, -0.2) is 13.2 Å². The van der Waals surface area contributed by atoms with Crippen molar-refractivity contribution in [1.29, 1.82) is 0 Å². The predicted octanol–water partition coefficient (Wildman–Crippen LogP) is 0.919. The van der Waals surface area contributed by atoms with Crippen LogP contribution in [0, 0.1) is 13.8 Å². The zero-order valence-corrected chi connectivity index (χ0v) is 13.4. The number of rotatable bonds is 3. The number of likely N-dealkylation sites (N-methyl/N-ethyl adjacent to an activating group) is 1. The molecule has 2 heterocycles. The molecule has 1 aliphatic heterocycles. The Morgan fingerprint density at radius 1 is 1.29 bits per heavy atom. The second kappa shape index (κ2) is 5.43. The average Bonchev–Trinajstić information content (AvgIpc) is 2.64. The van der Waals surface area contributed by atoms with Crippen molar-refractivity contribution < 1.29 is 22.7 Å². The van der Waals surface area contributed by atoms with Crippen LogP contribution in [0.3, 0.4) is 0 Å². The number of furan rings is 1. The molecular formula is C13H20N2O5S. The van der Waals surface area contributed by atoms with Gasteiger partial charge >= 0.3 is 5.97 Å². The van der Waals surface area contributed by atoms with Crippen LogP contribution >= 0.6 is 0 Å². The van der Waals surface area contributed by atoms with E-state index in [4.69, 9.17) is 4.42 Å². The van der Waals surface area contributed by atoms with Crippen LogP contribution in [0.5, 0.6) is 0 Å². The van der Waals surface area contributed by atoms with Crippen LogP contribution in [-0.4, -0.2) is 61.4 Å². The van der Waals surface area contributed by atoms with Crippen LogP contribution in [-0.2, 0) is 10.0 Å². The van der Waals surface area contributed by atoms with Crippen LogP contribution in [0.1, 0.15) is 28.8 Å². The molecule has 7 nitrogen and oxygen atoms in total. The van der Waals surface area contributed by atoms with Gasteiger partial charge in [0.15, 0.2) is 0 Å². The molecule has 0 amide bonds. The van der Waals surface area contributed by atoms with Crippen molar-refractivity contribution in [3.63, 3.8) is 0 Å². The second-order valence-corrected chi connectivity index (χ2v) is 7.28. The Kier molecular flexibility index (Phi) is 4.14. The van der Waals surface area contributed by atoms with Crippen LogP contribution in [0.2, 0.25) is 0 Å². The molecule has 1 atom stereocenters. The molecule has 0 aliphatic carbocycles. The van der Waals surface area contributed by atoms with E-state index < -0.39 is 16.0 Å². The number of sulfonamides is 1. The van der Waals surface area contributed by atoms with E-state index in [-0.39, 0.29) is 28.0 Å². The van der Waals surface area contributed by atoms with Crippen molar-refractivity contribution in [1.82, 2.24) is 9.21 Å². The van der Waals surface area contributed by atoms with Crippen molar-refractivity contribution in [2.75, 3.05) is 26.7 Å². The van der Waals surface area contributed by atoms with E-state index in [2.05, 4.69) is 0 Å². The summed E-state index contributed by atoms with van der Waals surface area (Å²) in [6.07, 6.45) is 0. The van der Waals surface area contributed by atoms with E-state index in [9.17, 15) is 18.3 Å². The number of aryl methyl sites for hydroxylation is 2. The van der Waals surface area contributed by atoms with Gasteiger partial charge in [-0.05, 0) is 27.8 Å². The van der Waals surface area contributed by atoms with Crippen molar-refractivity contribution >= 4 is 16.0 Å². The number of carbonyl (C=O) groups is 1. The number of aromatic carboxylic acids is 1. The average molecular weight is 316 g/mol. The minimum Gasteiger partial charge on any atom is -0.478 e. The fraction of sp³-hybridized carbons (Fsp3) is 0.615. The normalized spacial score (nSPS) is 21.6. The molecule has 21 heavy (non-hydrogen) atoms. The largest absolute Gasteiger partial charge is 0.478 e. The van der Waals surface area contributed by atoms with Crippen LogP contribution in [0.25, 0.3) is 0 Å². The van der Waals surface area contributed by atoms with E-state index in [0.717, 1.165) is 0 Å². The van der Waals surface area contributed by atoms with E-state index >= 15 is 0 Å². The van der Waals surface area contributed by atoms with E-state index in [1.165, 1.54) is 18.2 Å². The first-order valence-corrected chi connectivity index (χ1v) is 8.14. The maximum atomic E-state index is 12.8. The molecule has 118 valence electrons. The van der Waals surface area contributed by atoms with Gasteiger partial charge in [-0.2, -0.15) is 4.31 Å². The summed E-state index contributed by atoms with van der Waals surface area (Å²) in [5.41, 5.74) is -0.265. The van der Waals surface area contributed by atoms with Crippen molar-refractivity contribution in [2.45, 2.75) is 31.7 Å². The van der Waals surface area contributed by atoms with Gasteiger partial charge in [-0.1, -0.05) is 0 Å². The van der Waals surface area contributed by atoms with Gasteiger partial charge in [-0.3, -0.25) is 0 Å². The standard InChI is InChI=1S/C13H20N2O5S/c1-8-7-14(4)5-6-15(8)21(18,19)12-10(3)20-9(2)11(12)13(16)17/h8H,5-7H2,1-4H3,(H,16,17). The molecule has 8 heteroatoms. The molecule has 1 unspecified atom stereocenters. The first kappa shape index (κ1) is 16.0. The third-order valence-electron chi connectivity index (χ3n) is 3.76. The Morgan fingerprint density at radius 3 is 2.43 bits per heavy atom. The predicted molar refractivity (Wildman–Crippen MR) is 76.0 cm³/mol. The Hall–Kier alpha value is -1.38. The van der Waals surface area contributed by atoms with E-state index in [1.807, 2.05) is 18.9 Å². The van der Waals surface area contributed by atoms with Gasteiger partial charge in [0.25, 0.3) is 0 Å². The number of hydrogen-bond donors (Lipinski definition) is 1. The highest BCUT2D eigenvalue weighted by Gasteiger charge is 2.38. The lowest BCUT2D eigenvalue weighted by Crippen LogP contribution is -2.52. The van der Waals surface area contributed by atoms with Gasteiger partial charge in [0, 0.05) is 25.7 Å². The van der Waals surface area contributed by atoms with Gasteiger partial charge in [0.2, 0.25) is 10.0 Å². The molecule has 1 N–H and O–H groups in total. The number of nitrogens with zero attached hydrogens (tertiary/aromatic N) is 2. The van der Waals surface area contributed by atoms with Gasteiger partial charge < -0.3 is 14.4 Å². The minimum atomic E-state index is -3.89. The van der Waals surface area contributed by atoms with Crippen LogP contribution in [0.4, 0.5) is 0 Å². The summed E-state index contributed by atoms with van der Waals surface area (Å²) in [4.78, 5) is 13.2. The molecule has 1 aromatic rings.